The molecule has 0 bridgehead atoms. The molecule has 2 atom stereocenters. The van der Waals surface area contributed by atoms with Crippen molar-refractivity contribution in [2.75, 3.05) is 0 Å². The molecule has 9 heavy (non-hydrogen) atoms. The average molecular weight is 130 g/mol. The van der Waals surface area contributed by atoms with Gasteiger partial charge in [-0.15, -0.1) is 0 Å². The van der Waals surface area contributed by atoms with Crippen LogP contribution in [0.4, 0.5) is 0 Å². The van der Waals surface area contributed by atoms with Crippen molar-refractivity contribution >= 4 is 6.29 Å². The minimum absolute atomic E-state index is 0.400. The van der Waals surface area contributed by atoms with Crippen LogP contribution in [-0.4, -0.2) is 28.2 Å². The second-order valence-corrected chi connectivity index (χ2v) is 3.07. The highest BCUT2D eigenvalue weighted by Crippen LogP contribution is 2.53. The van der Waals surface area contributed by atoms with E-state index in [0.717, 1.165) is 0 Å². The van der Waals surface area contributed by atoms with Crippen LogP contribution in [0, 0.1) is 5.41 Å². The lowest BCUT2D eigenvalue weighted by Gasteiger charge is -2.00. The zero-order valence-electron chi connectivity index (χ0n) is 5.46. The molecule has 2 unspecified atom stereocenters. The van der Waals surface area contributed by atoms with Gasteiger partial charge in [0, 0.05) is 5.41 Å². The van der Waals surface area contributed by atoms with E-state index in [4.69, 9.17) is 10.2 Å². The lowest BCUT2D eigenvalue weighted by molar-refractivity contribution is -0.119. The molecule has 2 N–H and O–H groups in total. The topological polar surface area (TPSA) is 57.5 Å². The number of rotatable bonds is 1. The third kappa shape index (κ3) is 0.509. The highest BCUT2D eigenvalue weighted by molar-refractivity contribution is 5.72. The van der Waals surface area contributed by atoms with Crippen molar-refractivity contribution in [2.24, 2.45) is 5.41 Å². The number of aldehydes is 1. The number of hydrogen-bond acceptors (Lipinski definition) is 3. The van der Waals surface area contributed by atoms with Crippen LogP contribution in [0.15, 0.2) is 0 Å². The van der Waals surface area contributed by atoms with Gasteiger partial charge in [0.05, 0.1) is 6.10 Å². The first-order valence-corrected chi connectivity index (χ1v) is 2.83. The zero-order chi connectivity index (χ0) is 7.28. The van der Waals surface area contributed by atoms with E-state index < -0.39 is 17.1 Å². The summed E-state index contributed by atoms with van der Waals surface area (Å²) in [5, 5.41) is 18.0. The summed E-state index contributed by atoms with van der Waals surface area (Å²) >= 11 is 0. The number of hydrogen-bond donors (Lipinski definition) is 2. The number of carbonyl (C=O) groups excluding carboxylic acids is 1. The van der Waals surface area contributed by atoms with Gasteiger partial charge in [-0.25, -0.2) is 0 Å². The van der Waals surface area contributed by atoms with Gasteiger partial charge >= 0.3 is 0 Å². The summed E-state index contributed by atoms with van der Waals surface area (Å²) < 4.78 is 0. The van der Waals surface area contributed by atoms with E-state index in [1.54, 1.807) is 13.8 Å². The number of aliphatic hydroxyl groups is 2. The van der Waals surface area contributed by atoms with Crippen molar-refractivity contribution in [3.8, 4) is 0 Å². The predicted molar refractivity (Wildman–Crippen MR) is 30.8 cm³/mol. The zero-order valence-corrected chi connectivity index (χ0v) is 5.46. The third-order valence-corrected chi connectivity index (χ3v) is 2.23. The van der Waals surface area contributed by atoms with E-state index in [1.165, 1.54) is 0 Å². The average Bonchev–Trinajstić information content (AvgIpc) is 2.16. The Balaban J connectivity index is 2.81. The molecule has 1 saturated carbocycles. The first kappa shape index (κ1) is 6.71. The van der Waals surface area contributed by atoms with Gasteiger partial charge in [-0.3, -0.25) is 0 Å². The summed E-state index contributed by atoms with van der Waals surface area (Å²) in [4.78, 5) is 10.1. The molecule has 3 nitrogen and oxygen atoms in total. The van der Waals surface area contributed by atoms with Gasteiger partial charge in [0.2, 0.25) is 0 Å². The molecular formula is C6H10O3. The van der Waals surface area contributed by atoms with E-state index in [1.807, 2.05) is 0 Å². The summed E-state index contributed by atoms with van der Waals surface area (Å²) in [6.07, 6.45) is -0.486. The van der Waals surface area contributed by atoms with Crippen LogP contribution >= 0.6 is 0 Å². The molecule has 1 fully saturated rings. The Morgan fingerprint density at radius 2 is 1.89 bits per heavy atom. The molecule has 0 amide bonds. The largest absolute Gasteiger partial charge is 0.389 e. The van der Waals surface area contributed by atoms with Crippen LogP contribution in [0.5, 0.6) is 0 Å². The normalized spacial score (nSPS) is 46.4. The van der Waals surface area contributed by atoms with Gasteiger partial charge in [-0.05, 0) is 0 Å². The fraction of sp³-hybridized carbons (Fsp3) is 0.833. The van der Waals surface area contributed by atoms with Crippen LogP contribution in [0.25, 0.3) is 0 Å². The summed E-state index contributed by atoms with van der Waals surface area (Å²) in [5.41, 5.74) is -2.12. The van der Waals surface area contributed by atoms with Crippen LogP contribution < -0.4 is 0 Å². The summed E-state index contributed by atoms with van der Waals surface area (Å²) in [7, 11) is 0. The maximum absolute atomic E-state index is 10.1. The number of carbonyl (C=O) groups is 1. The second kappa shape index (κ2) is 1.36. The first-order valence-electron chi connectivity index (χ1n) is 2.83. The molecule has 0 aliphatic heterocycles. The van der Waals surface area contributed by atoms with Crippen LogP contribution in [0.1, 0.15) is 13.8 Å². The molecule has 0 heterocycles. The maximum atomic E-state index is 10.1. The molecule has 0 saturated heterocycles. The Kier molecular flexibility index (Phi) is 1.01. The van der Waals surface area contributed by atoms with Crippen LogP contribution in [-0.2, 0) is 4.79 Å². The summed E-state index contributed by atoms with van der Waals surface area (Å²) in [6, 6.07) is 0. The fourth-order valence-electron chi connectivity index (χ4n) is 0.963. The molecule has 52 valence electrons. The van der Waals surface area contributed by atoms with Crippen molar-refractivity contribution < 1.29 is 15.0 Å². The van der Waals surface area contributed by atoms with E-state index in [-0.39, 0.29) is 0 Å². The van der Waals surface area contributed by atoms with Crippen molar-refractivity contribution in [1.29, 1.82) is 0 Å². The molecule has 0 spiro atoms. The van der Waals surface area contributed by atoms with Gasteiger partial charge in [-0.1, -0.05) is 13.8 Å². The Labute approximate surface area is 53.3 Å². The summed E-state index contributed by atoms with van der Waals surface area (Å²) in [6.45, 7) is 3.29. The second-order valence-electron chi connectivity index (χ2n) is 3.07. The molecule has 1 rings (SSSR count). The monoisotopic (exact) mass is 130 g/mol. The van der Waals surface area contributed by atoms with Crippen molar-refractivity contribution in [1.82, 2.24) is 0 Å². The van der Waals surface area contributed by atoms with Gasteiger partial charge in [0.15, 0.2) is 11.9 Å². The van der Waals surface area contributed by atoms with Gasteiger partial charge in [0.1, 0.15) is 0 Å². The SMILES string of the molecule is CC1(C)C(O)C1(O)C=O. The van der Waals surface area contributed by atoms with E-state index in [0.29, 0.717) is 6.29 Å². The quantitative estimate of drug-likeness (QED) is 0.462. The molecule has 0 radical (unpaired) electrons. The minimum atomic E-state index is -1.48. The van der Waals surface area contributed by atoms with Crippen molar-refractivity contribution in [3.05, 3.63) is 0 Å². The van der Waals surface area contributed by atoms with Crippen LogP contribution in [0.2, 0.25) is 0 Å². The predicted octanol–water partition coefficient (Wildman–Crippen LogP) is -0.683. The minimum Gasteiger partial charge on any atom is -0.389 e. The summed E-state index contributed by atoms with van der Waals surface area (Å²) in [5.74, 6) is 0. The standard InChI is InChI=1S/C6H10O3/c1-5(2)4(8)6(5,9)3-7/h3-4,8-9H,1-2H3. The maximum Gasteiger partial charge on any atom is 0.154 e. The molecule has 0 aromatic heterocycles. The van der Waals surface area contributed by atoms with Gasteiger partial charge < -0.3 is 15.0 Å². The van der Waals surface area contributed by atoms with Crippen molar-refractivity contribution in [3.63, 3.8) is 0 Å². The Bertz CT molecular complexity index is 152. The Hall–Kier alpha value is -0.410. The molecular weight excluding hydrogens is 120 g/mol. The van der Waals surface area contributed by atoms with Gasteiger partial charge in [-0.2, -0.15) is 0 Å². The molecule has 3 heteroatoms. The Morgan fingerprint density at radius 1 is 1.56 bits per heavy atom. The molecule has 1 aliphatic rings. The van der Waals surface area contributed by atoms with Crippen molar-refractivity contribution in [2.45, 2.75) is 25.6 Å². The lowest BCUT2D eigenvalue weighted by Crippen LogP contribution is -2.18. The fourth-order valence-corrected chi connectivity index (χ4v) is 0.963. The van der Waals surface area contributed by atoms with E-state index >= 15 is 0 Å². The van der Waals surface area contributed by atoms with Crippen LogP contribution in [0.3, 0.4) is 0 Å². The molecule has 0 aromatic rings. The molecule has 0 aromatic carbocycles. The van der Waals surface area contributed by atoms with E-state index in [2.05, 4.69) is 0 Å². The molecule has 1 aliphatic carbocycles. The number of aliphatic hydroxyl groups excluding tert-OH is 1. The Morgan fingerprint density at radius 3 is 1.89 bits per heavy atom. The highest BCUT2D eigenvalue weighted by Gasteiger charge is 2.71. The van der Waals surface area contributed by atoms with Gasteiger partial charge in [0.25, 0.3) is 0 Å². The third-order valence-electron chi connectivity index (χ3n) is 2.23. The first-order chi connectivity index (χ1) is 3.97. The highest BCUT2D eigenvalue weighted by atomic mass is 16.4. The smallest absolute Gasteiger partial charge is 0.154 e. The van der Waals surface area contributed by atoms with E-state index in [9.17, 15) is 4.79 Å². The lowest BCUT2D eigenvalue weighted by atomic mass is 10.1.